The van der Waals surface area contributed by atoms with Gasteiger partial charge in [-0.15, -0.1) is 0 Å². The maximum atomic E-state index is 11.8. The molecule has 0 aromatic heterocycles. The van der Waals surface area contributed by atoms with E-state index in [0.717, 1.165) is 0 Å². The first-order valence-electron chi connectivity index (χ1n) is 5.43. The second-order valence-corrected chi connectivity index (χ2v) is 4.32. The van der Waals surface area contributed by atoms with E-state index in [1.54, 1.807) is 6.92 Å². The molecule has 1 saturated heterocycles. The smallest absolute Gasteiger partial charge is 0.309 e. The van der Waals surface area contributed by atoms with Crippen molar-refractivity contribution in [3.63, 3.8) is 0 Å². The lowest BCUT2D eigenvalue weighted by Gasteiger charge is -2.32. The minimum absolute atomic E-state index is 0.136. The number of hydrogen-bond acceptors (Lipinski definition) is 5. The van der Waals surface area contributed by atoms with Crippen molar-refractivity contribution < 1.29 is 23.9 Å². The van der Waals surface area contributed by atoms with Gasteiger partial charge in [0.2, 0.25) is 0 Å². The summed E-state index contributed by atoms with van der Waals surface area (Å²) in [5, 5.41) is 0. The molecule has 5 nitrogen and oxygen atoms in total. The third-order valence-corrected chi connectivity index (χ3v) is 3.24. The molecule has 1 aliphatic carbocycles. The summed E-state index contributed by atoms with van der Waals surface area (Å²) >= 11 is 0. The number of ether oxygens (including phenoxy) is 2. The molecule has 0 amide bonds. The van der Waals surface area contributed by atoms with Crippen LogP contribution in [-0.4, -0.2) is 35.8 Å². The van der Waals surface area contributed by atoms with Gasteiger partial charge >= 0.3 is 5.97 Å². The Hall–Kier alpha value is -1.75. The van der Waals surface area contributed by atoms with Crippen molar-refractivity contribution in [1.29, 1.82) is 0 Å². The number of rotatable bonds is 0. The van der Waals surface area contributed by atoms with Gasteiger partial charge in [-0.3, -0.25) is 14.4 Å². The van der Waals surface area contributed by atoms with Crippen molar-refractivity contribution in [2.45, 2.75) is 31.7 Å². The van der Waals surface area contributed by atoms with Crippen LogP contribution in [0.5, 0.6) is 0 Å². The molecule has 0 saturated carbocycles. The summed E-state index contributed by atoms with van der Waals surface area (Å²) in [4.78, 5) is 34.8. The van der Waals surface area contributed by atoms with Gasteiger partial charge in [0.25, 0.3) is 0 Å². The fourth-order valence-corrected chi connectivity index (χ4v) is 2.54. The van der Waals surface area contributed by atoms with Crippen LogP contribution in [0.4, 0.5) is 0 Å². The average molecular weight is 234 g/mol. The molecule has 0 radical (unpaired) electrons. The second kappa shape index (κ2) is 3.37. The zero-order valence-electron chi connectivity index (χ0n) is 9.14. The van der Waals surface area contributed by atoms with Crippen LogP contribution in [0.2, 0.25) is 0 Å². The van der Waals surface area contributed by atoms with Crippen molar-refractivity contribution in [2.75, 3.05) is 0 Å². The Labute approximate surface area is 97.1 Å². The van der Waals surface area contributed by atoms with Gasteiger partial charge in [0.05, 0.1) is 18.1 Å². The minimum Gasteiger partial charge on any atom is -0.454 e. The topological polar surface area (TPSA) is 69.7 Å². The summed E-state index contributed by atoms with van der Waals surface area (Å²) in [5.41, 5.74) is 0.626. The Bertz CT molecular complexity index is 499. The second-order valence-electron chi connectivity index (χ2n) is 4.32. The monoisotopic (exact) mass is 234 g/mol. The van der Waals surface area contributed by atoms with E-state index in [2.05, 4.69) is 0 Å². The van der Waals surface area contributed by atoms with Gasteiger partial charge in [-0.2, -0.15) is 0 Å². The molecule has 3 rings (SSSR count). The summed E-state index contributed by atoms with van der Waals surface area (Å²) < 4.78 is 10.6. The maximum Gasteiger partial charge on any atom is 0.309 e. The van der Waals surface area contributed by atoms with Crippen molar-refractivity contribution in [1.82, 2.24) is 0 Å². The predicted molar refractivity (Wildman–Crippen MR) is 55.0 cm³/mol. The first-order valence-corrected chi connectivity index (χ1v) is 5.43. The molecule has 2 heterocycles. The van der Waals surface area contributed by atoms with E-state index < -0.39 is 24.3 Å². The third-order valence-electron chi connectivity index (χ3n) is 3.24. The number of ketones is 2. The molecule has 0 aromatic carbocycles. The maximum absolute atomic E-state index is 11.8. The van der Waals surface area contributed by atoms with Crippen molar-refractivity contribution >= 4 is 17.5 Å². The van der Waals surface area contributed by atoms with Crippen LogP contribution in [0.25, 0.3) is 0 Å². The highest BCUT2D eigenvalue weighted by molar-refractivity contribution is 6.21. The van der Waals surface area contributed by atoms with Gasteiger partial charge in [-0.25, -0.2) is 0 Å². The molecule has 17 heavy (non-hydrogen) atoms. The number of allylic oxidation sites excluding steroid dienone is 2. The number of hydrogen-bond donors (Lipinski definition) is 0. The molecule has 2 aliphatic heterocycles. The first-order chi connectivity index (χ1) is 8.08. The fourth-order valence-electron chi connectivity index (χ4n) is 2.54. The molecule has 88 valence electrons. The molecular formula is C12H10O5. The third kappa shape index (κ3) is 1.39. The van der Waals surface area contributed by atoms with Crippen LogP contribution >= 0.6 is 0 Å². The Morgan fingerprint density at radius 3 is 2.47 bits per heavy atom. The average Bonchev–Trinajstić information content (AvgIpc) is 2.62. The minimum atomic E-state index is -0.713. The Morgan fingerprint density at radius 2 is 1.76 bits per heavy atom. The molecular weight excluding hydrogens is 224 g/mol. The van der Waals surface area contributed by atoms with Crippen LogP contribution < -0.4 is 0 Å². The number of carbonyl (C=O) groups excluding carboxylic acids is 3. The summed E-state index contributed by atoms with van der Waals surface area (Å²) in [6, 6.07) is 0. The predicted octanol–water partition coefficient (Wildman–Crippen LogP) is 0.0938. The molecule has 0 N–H and O–H groups in total. The van der Waals surface area contributed by atoms with Crippen LogP contribution in [0.3, 0.4) is 0 Å². The van der Waals surface area contributed by atoms with E-state index >= 15 is 0 Å². The molecule has 0 unspecified atom stereocenters. The Morgan fingerprint density at radius 1 is 1.12 bits per heavy atom. The van der Waals surface area contributed by atoms with Crippen LogP contribution in [0.15, 0.2) is 23.3 Å². The lowest BCUT2D eigenvalue weighted by atomic mass is 9.84. The fraction of sp³-hybridized carbons (Fsp3) is 0.417. The lowest BCUT2D eigenvalue weighted by Crippen LogP contribution is -2.42. The molecule has 3 aliphatic rings. The largest absolute Gasteiger partial charge is 0.454 e. The standard InChI is InChI=1S/C12H10O5/c1-5-10-6(13)2-3-7(14)11(10)12-8(16-5)4-9(15)17-12/h2-3,5,8,12H,4H2,1H3/t5-,8-,12+/m0/s1. The van der Waals surface area contributed by atoms with Crippen molar-refractivity contribution in [2.24, 2.45) is 0 Å². The van der Waals surface area contributed by atoms with Gasteiger partial charge in [-0.1, -0.05) is 0 Å². The summed E-state index contributed by atoms with van der Waals surface area (Å²) in [5.74, 6) is -0.899. The zero-order valence-corrected chi connectivity index (χ0v) is 9.14. The number of esters is 1. The summed E-state index contributed by atoms with van der Waals surface area (Å²) in [6.45, 7) is 1.71. The molecule has 1 fully saturated rings. The highest BCUT2D eigenvalue weighted by Gasteiger charge is 2.48. The van der Waals surface area contributed by atoms with E-state index in [4.69, 9.17) is 9.47 Å². The summed E-state index contributed by atoms with van der Waals surface area (Å²) in [7, 11) is 0. The molecule has 0 bridgehead atoms. The zero-order chi connectivity index (χ0) is 12.2. The quantitative estimate of drug-likeness (QED) is 0.439. The lowest BCUT2D eigenvalue weighted by molar-refractivity contribution is -0.141. The van der Waals surface area contributed by atoms with Gasteiger partial charge < -0.3 is 9.47 Å². The Kier molecular flexibility index (Phi) is 2.06. The molecule has 0 aromatic rings. The Balaban J connectivity index is 2.12. The van der Waals surface area contributed by atoms with Crippen LogP contribution in [0, 0.1) is 0 Å². The van der Waals surface area contributed by atoms with Gasteiger partial charge in [0, 0.05) is 5.57 Å². The first kappa shape index (κ1) is 10.4. The number of carbonyl (C=O) groups is 3. The summed E-state index contributed by atoms with van der Waals surface area (Å²) in [6.07, 6.45) is 0.967. The van der Waals surface area contributed by atoms with Crippen molar-refractivity contribution in [3.05, 3.63) is 23.3 Å². The van der Waals surface area contributed by atoms with E-state index in [1.807, 2.05) is 0 Å². The highest BCUT2D eigenvalue weighted by Crippen LogP contribution is 2.36. The van der Waals surface area contributed by atoms with E-state index in [1.165, 1.54) is 12.2 Å². The van der Waals surface area contributed by atoms with Crippen LogP contribution in [0.1, 0.15) is 13.3 Å². The molecule has 5 heteroatoms. The molecule has 3 atom stereocenters. The highest BCUT2D eigenvalue weighted by atomic mass is 16.6. The van der Waals surface area contributed by atoms with E-state index in [9.17, 15) is 14.4 Å². The van der Waals surface area contributed by atoms with Gasteiger partial charge in [-0.05, 0) is 19.1 Å². The van der Waals surface area contributed by atoms with E-state index in [-0.39, 0.29) is 18.0 Å². The molecule has 0 spiro atoms. The van der Waals surface area contributed by atoms with Crippen LogP contribution in [-0.2, 0) is 23.9 Å². The normalized spacial score (nSPS) is 35.8. The van der Waals surface area contributed by atoms with E-state index in [0.29, 0.717) is 11.1 Å². The number of fused-ring (bicyclic) bond motifs is 2. The van der Waals surface area contributed by atoms with Crippen molar-refractivity contribution in [3.8, 4) is 0 Å². The van der Waals surface area contributed by atoms with Gasteiger partial charge in [0.15, 0.2) is 17.7 Å². The van der Waals surface area contributed by atoms with Gasteiger partial charge in [0.1, 0.15) is 6.10 Å². The SMILES string of the molecule is C[C@@H]1O[C@H]2CC(=O)O[C@H]2C2=C1C(=O)C=CC2=O.